The van der Waals surface area contributed by atoms with Crippen LogP contribution in [0.25, 0.3) is 0 Å². The maximum absolute atomic E-state index is 14.7. The summed E-state index contributed by atoms with van der Waals surface area (Å²) in [6, 6.07) is -22.0. The number of carboxylic acids is 1. The summed E-state index contributed by atoms with van der Waals surface area (Å²) in [5, 5.41) is 46.1. The number of carbonyl (C=O) groups excluding carboxylic acids is 17. The van der Waals surface area contributed by atoms with Gasteiger partial charge in [0, 0.05) is 24.9 Å². The van der Waals surface area contributed by atoms with Crippen LogP contribution in [-0.2, 0) is 92.7 Å². The van der Waals surface area contributed by atoms with Crippen LogP contribution in [0.1, 0.15) is 212 Å². The smallest absolute Gasteiger partial charge is 0.326 e. The number of aliphatic carboxylic acids is 1. The lowest BCUT2D eigenvalue weighted by atomic mass is 9.94. The first kappa shape index (κ1) is 110. The summed E-state index contributed by atoms with van der Waals surface area (Å²) in [5.41, 5.74) is 45.0. The molecule has 0 radical (unpaired) electrons. The van der Waals surface area contributed by atoms with E-state index < -0.39 is 252 Å². The summed E-state index contributed by atoms with van der Waals surface area (Å²) < 4.78 is 0. The number of imidazole rings is 1. The van der Waals surface area contributed by atoms with E-state index in [1.54, 1.807) is 96.9 Å². The lowest BCUT2D eigenvalue weighted by Crippen LogP contribution is -2.63. The number of nitrogens with one attached hydrogen (secondary N) is 15. The minimum Gasteiger partial charge on any atom is -0.480 e. The van der Waals surface area contributed by atoms with Crippen molar-refractivity contribution in [3.05, 3.63) is 18.2 Å². The molecular formula is C79H141N25O19. The fourth-order valence-corrected chi connectivity index (χ4v) is 12.6. The number of aromatic amines is 1. The number of carbonyl (C=O) groups is 18. The van der Waals surface area contributed by atoms with Gasteiger partial charge in [0.1, 0.15) is 84.6 Å². The Kier molecular flexibility index (Phi) is 50.4. The van der Waals surface area contributed by atoms with Gasteiger partial charge in [0.05, 0.1) is 31.6 Å². The Morgan fingerprint density at radius 3 is 1.09 bits per heavy atom. The number of carboxylic acid groups (broad SMARTS) is 1. The van der Waals surface area contributed by atoms with Crippen molar-refractivity contribution in [2.45, 2.75) is 304 Å². The van der Waals surface area contributed by atoms with Crippen LogP contribution >= 0.6 is 0 Å². The van der Waals surface area contributed by atoms with Crippen molar-refractivity contribution in [1.29, 1.82) is 0 Å². The number of aromatic nitrogens is 2. The van der Waals surface area contributed by atoms with Gasteiger partial charge in [-0.3, -0.25) is 86.5 Å². The Bertz CT molecular complexity index is 3690. The molecule has 1 aromatic heterocycles. The molecule has 0 aliphatic heterocycles. The number of H-pyrrole nitrogens is 1. The Hall–Kier alpha value is -11.2. The first-order valence-corrected chi connectivity index (χ1v) is 42.1. The molecule has 0 bridgehead atoms. The molecule has 32 N–H and O–H groups in total. The van der Waals surface area contributed by atoms with Gasteiger partial charge in [-0.2, -0.15) is 0 Å². The summed E-state index contributed by atoms with van der Waals surface area (Å²) in [4.78, 5) is 259. The molecule has 0 aromatic carbocycles. The molecule has 0 aliphatic carbocycles. The lowest BCUT2D eigenvalue weighted by Gasteiger charge is -2.31. The van der Waals surface area contributed by atoms with Crippen LogP contribution in [-0.4, -0.2) is 238 Å². The van der Waals surface area contributed by atoms with E-state index in [2.05, 4.69) is 89.4 Å². The van der Waals surface area contributed by atoms with Crippen LogP contribution in [0, 0.1) is 41.4 Å². The van der Waals surface area contributed by atoms with Crippen molar-refractivity contribution in [2.24, 2.45) is 92.3 Å². The van der Waals surface area contributed by atoms with E-state index in [0.29, 0.717) is 32.1 Å². The van der Waals surface area contributed by atoms with Crippen molar-refractivity contribution >= 4 is 112 Å². The molecule has 1 rings (SSSR count). The largest absolute Gasteiger partial charge is 0.480 e. The fraction of sp³-hybridized carbons (Fsp3) is 0.722. The standard InChI is InChI=1S/C79H141N25O19/c1-16-42(12)61(102-65(109)47(82)33-56(83)105)75(119)91-45(15)64(108)100-59(40(8)9)73(117)99-52(31-39(6)7)68(112)92-48(24-19-21-27-80)67(111)96-53(32-46-36-88-37-90-46)70(114)97-54(34-57(84)106)71(115)95-51(30-38(4)5)69(113)98-55(35-58(85)107)72(116)103-63(44(14)18-3)77(121)101-60(41(10)11)74(118)104-62(43(13)17-2)76(120)93-49(25-20-22-28-81)66(110)94-50(78(122)123)26-23-29-89-79(86)87/h36-45,47-55,59-63H,16-35,80-82H2,1-15H3,(H2,83,105)(H2,84,106)(H2,85,107)(H,88,90)(H,91,119)(H,92,112)(H,93,120)(H,94,110)(H,95,115)(H,96,111)(H,97,114)(H,98,113)(H,99,117)(H,100,108)(H,101,121)(H,102,109)(H,103,116)(H,104,118)(H,122,123)(H4,86,87,89)/t42-,43-,44-,45-,47-,48-,49-,50-,51-,52-,53-,54-,55-,59-,60-,61-,62-,63-/m0/s1. The van der Waals surface area contributed by atoms with Crippen molar-refractivity contribution in [3.8, 4) is 0 Å². The highest BCUT2D eigenvalue weighted by Crippen LogP contribution is 2.19. The fourth-order valence-electron chi connectivity index (χ4n) is 12.6. The molecule has 0 saturated heterocycles. The van der Waals surface area contributed by atoms with Crippen LogP contribution in [0.5, 0.6) is 0 Å². The summed E-state index contributed by atoms with van der Waals surface area (Å²) in [7, 11) is 0. The topological polar surface area (TPSA) is 745 Å². The van der Waals surface area contributed by atoms with Crippen molar-refractivity contribution in [2.75, 3.05) is 19.6 Å². The number of amides is 17. The second-order valence-electron chi connectivity index (χ2n) is 32.8. The number of primary amides is 3. The van der Waals surface area contributed by atoms with E-state index in [4.69, 9.17) is 45.9 Å². The Morgan fingerprint density at radius 2 is 0.691 bits per heavy atom. The van der Waals surface area contributed by atoms with Gasteiger partial charge in [0.25, 0.3) is 0 Å². The number of rotatable bonds is 61. The molecule has 18 atom stereocenters. The van der Waals surface area contributed by atoms with Gasteiger partial charge in [-0.25, -0.2) is 9.78 Å². The molecule has 17 amide bonds. The first-order valence-electron chi connectivity index (χ1n) is 42.1. The van der Waals surface area contributed by atoms with Crippen LogP contribution in [0.3, 0.4) is 0 Å². The molecule has 1 aromatic rings. The monoisotopic (exact) mass is 1740 g/mol. The van der Waals surface area contributed by atoms with E-state index in [1.807, 2.05) is 0 Å². The zero-order chi connectivity index (χ0) is 93.8. The SMILES string of the molecule is CC[C@H](C)[C@H](NC(=O)[C@H](CC(N)=O)NC(=O)[C@H](CC(C)C)NC(=O)[C@H](CC(N)=O)NC(=O)[C@H](Cc1cnc[nH]1)NC(=O)[C@H](CCCCN)NC(=O)[C@H](CC(C)C)NC(=O)[C@@H](NC(=O)[C@H](C)NC(=O)[C@@H](NC(=O)[C@@H](N)CC(N)=O)[C@@H](C)CC)C(C)C)C(=O)N[C@H](C(=O)N[C@H](C(=O)N[C@@H](CCCCN)C(=O)N[C@@H](CCCN=C(N)N)C(=O)O)[C@@H](C)CC)C(C)C. The van der Waals surface area contributed by atoms with E-state index in [1.165, 1.54) is 19.4 Å². The molecule has 0 fully saturated rings. The predicted octanol–water partition coefficient (Wildman–Crippen LogP) is -5.35. The Labute approximate surface area is 719 Å². The highest BCUT2D eigenvalue weighted by Gasteiger charge is 2.41. The summed E-state index contributed by atoms with van der Waals surface area (Å²) in [6.45, 7) is 25.2. The van der Waals surface area contributed by atoms with E-state index in [9.17, 15) is 91.4 Å². The average Bonchev–Trinajstić information content (AvgIpc) is 1.14. The summed E-state index contributed by atoms with van der Waals surface area (Å²) in [6.07, 6.45) is 2.08. The molecule has 696 valence electrons. The third-order valence-corrected chi connectivity index (χ3v) is 20.5. The molecular weight excluding hydrogens is 1600 g/mol. The number of aliphatic imine (C=N–C) groups is 1. The van der Waals surface area contributed by atoms with Gasteiger partial charge in [-0.1, -0.05) is 116 Å². The van der Waals surface area contributed by atoms with Crippen molar-refractivity contribution in [3.63, 3.8) is 0 Å². The minimum atomic E-state index is -1.90. The lowest BCUT2D eigenvalue weighted by molar-refractivity contribution is -0.142. The highest BCUT2D eigenvalue weighted by atomic mass is 16.4. The second kappa shape index (κ2) is 56.5. The Morgan fingerprint density at radius 1 is 0.374 bits per heavy atom. The highest BCUT2D eigenvalue weighted by molar-refractivity contribution is 6.02. The summed E-state index contributed by atoms with van der Waals surface area (Å²) in [5.74, 6) is -21.5. The maximum atomic E-state index is 14.7. The van der Waals surface area contributed by atoms with Crippen LogP contribution in [0.15, 0.2) is 17.5 Å². The quantitative estimate of drug-likeness (QED) is 0.0164. The second-order valence-corrected chi connectivity index (χ2v) is 32.8. The molecule has 44 nitrogen and oxygen atoms in total. The molecule has 0 spiro atoms. The van der Waals surface area contributed by atoms with Crippen molar-refractivity contribution in [1.82, 2.24) is 84.4 Å². The van der Waals surface area contributed by atoms with Crippen molar-refractivity contribution < 1.29 is 91.4 Å². The van der Waals surface area contributed by atoms with Gasteiger partial charge in [-0.05, 0) is 126 Å². The number of hydrogen-bond acceptors (Lipinski definition) is 23. The van der Waals surface area contributed by atoms with Gasteiger partial charge < -0.3 is 130 Å². The third kappa shape index (κ3) is 41.0. The maximum Gasteiger partial charge on any atom is 0.326 e. The molecule has 0 saturated carbocycles. The molecule has 0 aliphatic rings. The normalized spacial score (nSPS) is 15.7. The minimum absolute atomic E-state index is 0.0137. The zero-order valence-electron chi connectivity index (χ0n) is 73.8. The van der Waals surface area contributed by atoms with E-state index >= 15 is 0 Å². The predicted molar refractivity (Wildman–Crippen MR) is 455 cm³/mol. The van der Waals surface area contributed by atoms with Gasteiger partial charge in [0.15, 0.2) is 5.96 Å². The Balaban J connectivity index is 3.70. The number of unbranched alkanes of at least 4 members (excludes halogenated alkanes) is 2. The number of guanidine groups is 1. The van der Waals surface area contributed by atoms with E-state index in [-0.39, 0.29) is 95.0 Å². The van der Waals surface area contributed by atoms with Gasteiger partial charge >= 0.3 is 5.97 Å². The number of nitrogens with zero attached hydrogens (tertiary/aromatic N) is 2. The van der Waals surface area contributed by atoms with Crippen LogP contribution in [0.2, 0.25) is 0 Å². The number of nitrogens with two attached hydrogens (primary N) is 8. The number of hydrogen-bond donors (Lipinski definition) is 24. The average molecular weight is 1750 g/mol. The molecule has 1 heterocycles. The zero-order valence-corrected chi connectivity index (χ0v) is 73.8. The van der Waals surface area contributed by atoms with Gasteiger partial charge in [-0.15, -0.1) is 0 Å². The van der Waals surface area contributed by atoms with Crippen LogP contribution < -0.4 is 120 Å². The molecule has 123 heavy (non-hydrogen) atoms. The van der Waals surface area contributed by atoms with Crippen LogP contribution in [0.4, 0.5) is 0 Å². The first-order chi connectivity index (χ1) is 57.6. The molecule has 44 heteroatoms. The third-order valence-electron chi connectivity index (χ3n) is 20.5. The summed E-state index contributed by atoms with van der Waals surface area (Å²) >= 11 is 0. The van der Waals surface area contributed by atoms with Gasteiger partial charge in [0.2, 0.25) is 100 Å². The van der Waals surface area contributed by atoms with E-state index in [0.717, 1.165) is 0 Å². The molecule has 0 unspecified atom stereocenters.